The van der Waals surface area contributed by atoms with Crippen molar-refractivity contribution in [3.63, 3.8) is 0 Å². The first-order valence-electron chi connectivity index (χ1n) is 12.8. The largest absolute Gasteiger partial charge is 0.243 e. The average Bonchev–Trinajstić information content (AvgIpc) is 3.31. The van der Waals surface area contributed by atoms with Crippen molar-refractivity contribution in [2.75, 3.05) is 0 Å². The lowest BCUT2D eigenvalue weighted by molar-refractivity contribution is -0.693. The molecule has 0 aliphatic rings. The minimum absolute atomic E-state index is 0.0232. The Morgan fingerprint density at radius 3 is 2.06 bits per heavy atom. The highest BCUT2D eigenvalue weighted by molar-refractivity contribution is 5.30. The van der Waals surface area contributed by atoms with E-state index in [1.165, 1.54) is 62.5 Å². The minimum Gasteiger partial charge on any atom is -0.237 e. The fraction of sp³-hybridized carbons (Fsp3) is 0.500. The second-order valence-corrected chi connectivity index (χ2v) is 9.56. The molecule has 1 heterocycles. The summed E-state index contributed by atoms with van der Waals surface area (Å²) in [5.41, 5.74) is 2.88. The van der Waals surface area contributed by atoms with Crippen molar-refractivity contribution in [1.82, 2.24) is 4.57 Å². The molecule has 2 nitrogen and oxygen atoms in total. The quantitative estimate of drug-likeness (QED) is 0.183. The summed E-state index contributed by atoms with van der Waals surface area (Å²) in [5, 5.41) is 0. The van der Waals surface area contributed by atoms with Gasteiger partial charge in [0.2, 0.25) is 6.33 Å². The Morgan fingerprint density at radius 1 is 0.812 bits per heavy atom. The molecule has 0 aliphatic carbocycles. The molecule has 0 saturated carbocycles. The van der Waals surface area contributed by atoms with E-state index in [0.29, 0.717) is 6.04 Å². The number of hydrogen-bond donors (Lipinski definition) is 0. The summed E-state index contributed by atoms with van der Waals surface area (Å²) in [4.78, 5) is 0. The summed E-state index contributed by atoms with van der Waals surface area (Å²) in [6, 6.07) is 22.7. The molecule has 1 aromatic heterocycles. The van der Waals surface area contributed by atoms with Crippen LogP contribution >= 0.6 is 0 Å². The van der Waals surface area contributed by atoms with Gasteiger partial charge in [0.05, 0.1) is 6.54 Å². The van der Waals surface area contributed by atoms with Gasteiger partial charge >= 0.3 is 0 Å². The highest BCUT2D eigenvalue weighted by Gasteiger charge is 2.40. The molecule has 0 aliphatic heterocycles. The first kappa shape index (κ1) is 24.3. The number of imidazole rings is 1. The number of unbranched alkanes of at least 4 members (excludes halogenated alkanes) is 6. The molecule has 2 unspecified atom stereocenters. The number of aromatic nitrogens is 2. The lowest BCUT2D eigenvalue weighted by atomic mass is 9.70. The molecule has 0 amide bonds. The van der Waals surface area contributed by atoms with Crippen molar-refractivity contribution >= 4 is 0 Å². The summed E-state index contributed by atoms with van der Waals surface area (Å²) < 4.78 is 4.79. The summed E-state index contributed by atoms with van der Waals surface area (Å²) in [6.45, 7) is 8.01. The van der Waals surface area contributed by atoms with Crippen LogP contribution in [0.1, 0.15) is 89.3 Å². The highest BCUT2D eigenvalue weighted by Crippen LogP contribution is 2.41. The molecule has 32 heavy (non-hydrogen) atoms. The molecule has 172 valence electrons. The molecule has 0 fully saturated rings. The van der Waals surface area contributed by atoms with Crippen LogP contribution in [0.2, 0.25) is 0 Å². The standard InChI is InChI=1S/C30H43N2/c1-4-6-7-8-9-10-17-22-29(32-24-23-31(5-2)26-32)30(3,28-20-15-12-16-21-28)25-27-18-13-11-14-19-27/h11-16,18-21,23-24,26,29H,4-10,17,22,25H2,1-3H3/q+1. The molecule has 0 N–H and O–H groups in total. The van der Waals surface area contributed by atoms with Crippen LogP contribution in [0.5, 0.6) is 0 Å². The second kappa shape index (κ2) is 12.6. The number of benzene rings is 2. The smallest absolute Gasteiger partial charge is 0.237 e. The maximum Gasteiger partial charge on any atom is 0.243 e. The van der Waals surface area contributed by atoms with E-state index in [4.69, 9.17) is 0 Å². The molecule has 2 heteroatoms. The van der Waals surface area contributed by atoms with E-state index < -0.39 is 0 Å². The molecule has 0 bridgehead atoms. The van der Waals surface area contributed by atoms with Gasteiger partial charge in [0.1, 0.15) is 18.4 Å². The number of aryl methyl sites for hydroxylation is 1. The maximum absolute atomic E-state index is 2.50. The van der Waals surface area contributed by atoms with Gasteiger partial charge in [0.15, 0.2) is 0 Å². The zero-order chi connectivity index (χ0) is 22.7. The number of nitrogens with zero attached hydrogens (tertiary/aromatic N) is 2. The molecule has 0 saturated heterocycles. The lowest BCUT2D eigenvalue weighted by Gasteiger charge is -2.37. The summed E-state index contributed by atoms with van der Waals surface area (Å²) in [5.74, 6) is 0. The van der Waals surface area contributed by atoms with Gasteiger partial charge in [-0.15, -0.1) is 0 Å². The predicted molar refractivity (Wildman–Crippen MR) is 136 cm³/mol. The van der Waals surface area contributed by atoms with E-state index in [1.807, 2.05) is 0 Å². The van der Waals surface area contributed by atoms with E-state index in [9.17, 15) is 0 Å². The van der Waals surface area contributed by atoms with Gasteiger partial charge in [-0.3, -0.25) is 0 Å². The van der Waals surface area contributed by atoms with Gasteiger partial charge in [-0.25, -0.2) is 9.13 Å². The van der Waals surface area contributed by atoms with Gasteiger partial charge in [-0.1, -0.05) is 113 Å². The van der Waals surface area contributed by atoms with Gasteiger partial charge in [-0.2, -0.15) is 0 Å². The molecule has 2 aromatic carbocycles. The van der Waals surface area contributed by atoms with Crippen LogP contribution in [0.4, 0.5) is 0 Å². The van der Waals surface area contributed by atoms with Crippen LogP contribution in [0.25, 0.3) is 0 Å². The SMILES string of the molecule is CCCCCCCCCC(n1cc[n+](CC)c1)C(C)(Cc1ccccc1)c1ccccc1. The van der Waals surface area contributed by atoms with Crippen molar-refractivity contribution in [2.45, 2.75) is 96.6 Å². The summed E-state index contributed by atoms with van der Waals surface area (Å²) in [7, 11) is 0. The fourth-order valence-corrected chi connectivity index (χ4v) is 5.12. The second-order valence-electron chi connectivity index (χ2n) is 9.56. The Kier molecular flexibility index (Phi) is 9.59. The normalized spacial score (nSPS) is 14.2. The number of hydrogen-bond acceptors (Lipinski definition) is 0. The van der Waals surface area contributed by atoms with Crippen LogP contribution in [-0.2, 0) is 18.4 Å². The molecule has 3 aromatic rings. The molecular formula is C30H43N2+. The van der Waals surface area contributed by atoms with Crippen molar-refractivity contribution in [1.29, 1.82) is 0 Å². The van der Waals surface area contributed by atoms with E-state index in [-0.39, 0.29) is 5.41 Å². The van der Waals surface area contributed by atoms with E-state index in [1.54, 1.807) is 0 Å². The Balaban J connectivity index is 1.86. The van der Waals surface area contributed by atoms with E-state index in [0.717, 1.165) is 13.0 Å². The predicted octanol–water partition coefficient (Wildman–Crippen LogP) is 7.68. The summed E-state index contributed by atoms with van der Waals surface area (Å²) in [6.07, 6.45) is 18.6. The summed E-state index contributed by atoms with van der Waals surface area (Å²) >= 11 is 0. The third-order valence-corrected chi connectivity index (χ3v) is 7.10. The minimum atomic E-state index is 0.0232. The fourth-order valence-electron chi connectivity index (χ4n) is 5.12. The van der Waals surface area contributed by atoms with E-state index in [2.05, 4.69) is 109 Å². The highest BCUT2D eigenvalue weighted by atomic mass is 15.1. The zero-order valence-electron chi connectivity index (χ0n) is 20.5. The van der Waals surface area contributed by atoms with Crippen LogP contribution in [0.3, 0.4) is 0 Å². The molecule has 3 rings (SSSR count). The van der Waals surface area contributed by atoms with Gasteiger partial charge in [0, 0.05) is 5.41 Å². The first-order valence-corrected chi connectivity index (χ1v) is 12.8. The first-order chi connectivity index (χ1) is 15.7. The van der Waals surface area contributed by atoms with Crippen LogP contribution < -0.4 is 4.57 Å². The average molecular weight is 432 g/mol. The Morgan fingerprint density at radius 2 is 1.44 bits per heavy atom. The van der Waals surface area contributed by atoms with Crippen LogP contribution in [0.15, 0.2) is 79.4 Å². The topological polar surface area (TPSA) is 8.81 Å². The van der Waals surface area contributed by atoms with Crippen molar-refractivity contribution in [3.05, 3.63) is 90.5 Å². The lowest BCUT2D eigenvalue weighted by Crippen LogP contribution is -2.37. The molecule has 2 atom stereocenters. The molecular weight excluding hydrogens is 388 g/mol. The van der Waals surface area contributed by atoms with Crippen molar-refractivity contribution in [2.24, 2.45) is 0 Å². The molecule has 0 spiro atoms. The Hall–Kier alpha value is -2.35. The maximum atomic E-state index is 2.50. The van der Waals surface area contributed by atoms with Crippen LogP contribution in [0, 0.1) is 0 Å². The number of rotatable bonds is 14. The van der Waals surface area contributed by atoms with Crippen LogP contribution in [-0.4, -0.2) is 4.57 Å². The Bertz CT molecular complexity index is 883. The van der Waals surface area contributed by atoms with Gasteiger partial charge < -0.3 is 0 Å². The third kappa shape index (κ3) is 6.58. The molecule has 0 radical (unpaired) electrons. The van der Waals surface area contributed by atoms with E-state index >= 15 is 0 Å². The van der Waals surface area contributed by atoms with Crippen molar-refractivity contribution < 1.29 is 4.57 Å². The zero-order valence-corrected chi connectivity index (χ0v) is 20.5. The Labute approximate surface area is 196 Å². The van der Waals surface area contributed by atoms with Crippen molar-refractivity contribution in [3.8, 4) is 0 Å². The third-order valence-electron chi connectivity index (χ3n) is 7.10. The van der Waals surface area contributed by atoms with Gasteiger partial charge in [-0.05, 0) is 37.3 Å². The van der Waals surface area contributed by atoms with Gasteiger partial charge in [0.25, 0.3) is 0 Å². The monoisotopic (exact) mass is 431 g/mol.